The van der Waals surface area contributed by atoms with Gasteiger partial charge < -0.3 is 20.4 Å². The van der Waals surface area contributed by atoms with Crippen molar-refractivity contribution in [3.05, 3.63) is 58.7 Å². The van der Waals surface area contributed by atoms with Crippen molar-refractivity contribution < 1.29 is 19.1 Å². The predicted molar refractivity (Wildman–Crippen MR) is 119 cm³/mol. The molecule has 0 aliphatic heterocycles. The molecule has 8 nitrogen and oxygen atoms in total. The van der Waals surface area contributed by atoms with Gasteiger partial charge in [-0.25, -0.2) is 9.78 Å². The van der Waals surface area contributed by atoms with Crippen molar-refractivity contribution >= 4 is 34.3 Å². The summed E-state index contributed by atoms with van der Waals surface area (Å²) < 4.78 is 4.68. The Bertz CT molecular complexity index is 1100. The quantitative estimate of drug-likeness (QED) is 0.486. The van der Waals surface area contributed by atoms with E-state index in [4.69, 9.17) is 0 Å². The molecule has 3 N–H and O–H groups in total. The highest BCUT2D eigenvalue weighted by Crippen LogP contribution is 2.26. The molecule has 3 aromatic rings. The van der Waals surface area contributed by atoms with Gasteiger partial charge in [0.25, 0.3) is 5.91 Å². The molecule has 0 fully saturated rings. The summed E-state index contributed by atoms with van der Waals surface area (Å²) in [5.41, 5.74) is 2.99. The molecule has 31 heavy (non-hydrogen) atoms. The number of hydrogen-bond acceptors (Lipinski definition) is 6. The minimum atomic E-state index is -0.724. The van der Waals surface area contributed by atoms with Gasteiger partial charge in [0.15, 0.2) is 5.13 Å². The van der Waals surface area contributed by atoms with Crippen molar-refractivity contribution in [2.24, 2.45) is 5.92 Å². The van der Waals surface area contributed by atoms with E-state index in [-0.39, 0.29) is 17.7 Å². The summed E-state index contributed by atoms with van der Waals surface area (Å²) in [5, 5.41) is 7.77. The molecule has 2 heterocycles. The molecule has 1 unspecified atom stereocenters. The number of rotatable bonds is 7. The van der Waals surface area contributed by atoms with Crippen LogP contribution in [0.5, 0.6) is 0 Å². The Morgan fingerprint density at radius 1 is 1.19 bits per heavy atom. The number of esters is 1. The Kier molecular flexibility index (Phi) is 6.86. The second kappa shape index (κ2) is 9.57. The van der Waals surface area contributed by atoms with Crippen molar-refractivity contribution in [3.63, 3.8) is 0 Å². The van der Waals surface area contributed by atoms with Crippen LogP contribution in [-0.4, -0.2) is 40.9 Å². The second-order valence-electron chi connectivity index (χ2n) is 7.33. The number of thiazole rings is 1. The summed E-state index contributed by atoms with van der Waals surface area (Å²) in [4.78, 5) is 44.4. The van der Waals surface area contributed by atoms with E-state index >= 15 is 0 Å². The molecule has 9 heteroatoms. The average molecular weight is 441 g/mol. The van der Waals surface area contributed by atoms with Gasteiger partial charge in [-0.1, -0.05) is 32.0 Å². The third-order valence-electron chi connectivity index (χ3n) is 4.74. The van der Waals surface area contributed by atoms with Crippen LogP contribution in [0.3, 0.4) is 0 Å². The van der Waals surface area contributed by atoms with Gasteiger partial charge >= 0.3 is 5.97 Å². The first-order valence-electron chi connectivity index (χ1n) is 9.70. The highest BCUT2D eigenvalue weighted by atomic mass is 32.1. The summed E-state index contributed by atoms with van der Waals surface area (Å²) in [5.74, 6) is -1.24. The fourth-order valence-corrected chi connectivity index (χ4v) is 3.72. The number of amides is 2. The molecule has 0 aliphatic carbocycles. The van der Waals surface area contributed by atoms with Crippen LogP contribution in [0.1, 0.15) is 40.3 Å². The lowest BCUT2D eigenvalue weighted by Crippen LogP contribution is -2.47. The molecule has 0 spiro atoms. The van der Waals surface area contributed by atoms with Crippen molar-refractivity contribution in [2.45, 2.75) is 26.8 Å². The molecule has 162 valence electrons. The van der Waals surface area contributed by atoms with Crippen LogP contribution in [0.25, 0.3) is 11.3 Å². The maximum absolute atomic E-state index is 12.9. The largest absolute Gasteiger partial charge is 0.464 e. The minimum absolute atomic E-state index is 0.125. The van der Waals surface area contributed by atoms with Crippen molar-refractivity contribution in [1.82, 2.24) is 15.3 Å². The maximum Gasteiger partial charge on any atom is 0.354 e. The minimum Gasteiger partial charge on any atom is -0.464 e. The third kappa shape index (κ3) is 5.18. The highest BCUT2D eigenvalue weighted by molar-refractivity contribution is 7.14. The Labute approximate surface area is 184 Å². The Balaban J connectivity index is 1.70. The lowest BCUT2D eigenvalue weighted by atomic mass is 10.0. The zero-order chi connectivity index (χ0) is 22.5. The van der Waals surface area contributed by atoms with E-state index < -0.39 is 12.0 Å². The van der Waals surface area contributed by atoms with E-state index in [1.807, 2.05) is 32.9 Å². The SMILES string of the molecule is COC(=O)c1cc(-c2csc(NC(=O)C(NC(=O)c3ccccc3C)C(C)C)n2)c[nH]1. The van der Waals surface area contributed by atoms with Crippen molar-refractivity contribution in [1.29, 1.82) is 0 Å². The number of aromatic amines is 1. The summed E-state index contributed by atoms with van der Waals surface area (Å²) in [7, 11) is 1.31. The zero-order valence-electron chi connectivity index (χ0n) is 17.7. The summed E-state index contributed by atoms with van der Waals surface area (Å²) >= 11 is 1.26. The Morgan fingerprint density at radius 2 is 1.94 bits per heavy atom. The van der Waals surface area contributed by atoms with E-state index in [1.165, 1.54) is 18.4 Å². The number of aryl methyl sites for hydroxylation is 1. The number of ether oxygens (including phenoxy) is 1. The first-order valence-corrected chi connectivity index (χ1v) is 10.6. The van der Waals surface area contributed by atoms with Crippen LogP contribution in [0.4, 0.5) is 5.13 Å². The van der Waals surface area contributed by atoms with Crippen LogP contribution < -0.4 is 10.6 Å². The molecule has 0 bridgehead atoms. The number of carbonyl (C=O) groups excluding carboxylic acids is 3. The number of benzene rings is 1. The van der Waals surface area contributed by atoms with Crippen LogP contribution in [-0.2, 0) is 9.53 Å². The zero-order valence-corrected chi connectivity index (χ0v) is 18.5. The van der Waals surface area contributed by atoms with Crippen LogP contribution in [0.2, 0.25) is 0 Å². The van der Waals surface area contributed by atoms with Crippen LogP contribution in [0.15, 0.2) is 41.9 Å². The maximum atomic E-state index is 12.9. The van der Waals surface area contributed by atoms with Gasteiger partial charge in [0.1, 0.15) is 11.7 Å². The number of nitrogens with zero attached hydrogens (tertiary/aromatic N) is 1. The smallest absolute Gasteiger partial charge is 0.354 e. The van der Waals surface area contributed by atoms with E-state index in [9.17, 15) is 14.4 Å². The molecule has 0 saturated carbocycles. The first-order chi connectivity index (χ1) is 14.8. The standard InChI is InChI=1S/C22H24N4O4S/c1-12(2)18(25-19(27)15-8-6-5-7-13(15)3)20(28)26-22-24-17(11-31-22)14-9-16(23-10-14)21(29)30-4/h5-12,18,23H,1-4H3,(H,25,27)(H,24,26,28). The average Bonchev–Trinajstić information content (AvgIpc) is 3.41. The van der Waals surface area contributed by atoms with Gasteiger partial charge in [0.2, 0.25) is 5.91 Å². The van der Waals surface area contributed by atoms with Crippen molar-refractivity contribution in [3.8, 4) is 11.3 Å². The molecule has 3 rings (SSSR count). The number of H-pyrrole nitrogens is 1. The number of hydrogen-bond donors (Lipinski definition) is 3. The predicted octanol–water partition coefficient (Wildman–Crippen LogP) is 3.63. The first kappa shape index (κ1) is 22.2. The molecule has 2 aromatic heterocycles. The van der Waals surface area contributed by atoms with Gasteiger partial charge in [-0.15, -0.1) is 11.3 Å². The monoisotopic (exact) mass is 440 g/mol. The fraction of sp³-hybridized carbons (Fsp3) is 0.273. The molecular formula is C22H24N4O4S. The van der Waals surface area contributed by atoms with Crippen LogP contribution >= 0.6 is 11.3 Å². The van der Waals surface area contributed by atoms with Gasteiger partial charge in [-0.05, 0) is 30.5 Å². The number of nitrogens with one attached hydrogen (secondary N) is 3. The van der Waals surface area contributed by atoms with E-state index in [0.29, 0.717) is 27.6 Å². The summed E-state index contributed by atoms with van der Waals surface area (Å²) in [6.45, 7) is 5.58. The molecule has 0 aliphatic rings. The molecular weight excluding hydrogens is 416 g/mol. The lowest BCUT2D eigenvalue weighted by Gasteiger charge is -2.21. The Hall–Kier alpha value is -3.46. The summed E-state index contributed by atoms with van der Waals surface area (Å²) in [6, 6.07) is 8.13. The number of methoxy groups -OCH3 is 1. The van der Waals surface area contributed by atoms with Gasteiger partial charge in [-0.2, -0.15) is 0 Å². The van der Waals surface area contributed by atoms with E-state index in [0.717, 1.165) is 5.56 Å². The third-order valence-corrected chi connectivity index (χ3v) is 5.50. The topological polar surface area (TPSA) is 113 Å². The highest BCUT2D eigenvalue weighted by Gasteiger charge is 2.26. The fourth-order valence-electron chi connectivity index (χ4n) is 3.00. The molecule has 2 amide bonds. The van der Waals surface area contributed by atoms with Gasteiger partial charge in [0, 0.05) is 22.7 Å². The Morgan fingerprint density at radius 3 is 2.61 bits per heavy atom. The van der Waals surface area contributed by atoms with Gasteiger partial charge in [-0.3, -0.25) is 9.59 Å². The molecule has 0 saturated heterocycles. The molecule has 1 atom stereocenters. The van der Waals surface area contributed by atoms with Crippen molar-refractivity contribution in [2.75, 3.05) is 12.4 Å². The number of anilines is 1. The summed E-state index contributed by atoms with van der Waals surface area (Å²) in [6.07, 6.45) is 1.65. The number of aromatic nitrogens is 2. The van der Waals surface area contributed by atoms with Crippen LogP contribution in [0, 0.1) is 12.8 Å². The normalized spacial score (nSPS) is 11.8. The second-order valence-corrected chi connectivity index (χ2v) is 8.19. The number of carbonyl (C=O) groups is 3. The molecule has 1 aromatic carbocycles. The van der Waals surface area contributed by atoms with E-state index in [1.54, 1.807) is 29.8 Å². The lowest BCUT2D eigenvalue weighted by molar-refractivity contribution is -0.118. The molecule has 0 radical (unpaired) electrons. The van der Waals surface area contributed by atoms with E-state index in [2.05, 4.69) is 25.3 Å². The van der Waals surface area contributed by atoms with Gasteiger partial charge in [0.05, 0.1) is 12.8 Å².